The Kier molecular flexibility index (Phi) is 4.42. The van der Waals surface area contributed by atoms with Crippen molar-refractivity contribution in [2.45, 2.75) is 27.7 Å². The summed E-state index contributed by atoms with van der Waals surface area (Å²) in [6.07, 6.45) is 0. The third kappa shape index (κ3) is 3.38. The summed E-state index contributed by atoms with van der Waals surface area (Å²) in [5.74, 6) is 2.44. The van der Waals surface area contributed by atoms with Crippen molar-refractivity contribution in [2.75, 3.05) is 23.7 Å². The van der Waals surface area contributed by atoms with Gasteiger partial charge >= 0.3 is 0 Å². The lowest BCUT2D eigenvalue weighted by atomic mass is 10.1. The summed E-state index contributed by atoms with van der Waals surface area (Å²) in [5.41, 5.74) is 6.78. The van der Waals surface area contributed by atoms with E-state index in [2.05, 4.69) is 48.6 Å². The fraction of sp³-hybridized carbons (Fsp3) is 0.500. The van der Waals surface area contributed by atoms with Crippen LogP contribution in [-0.4, -0.2) is 23.1 Å². The number of anilines is 2. The van der Waals surface area contributed by atoms with Crippen molar-refractivity contribution in [3.05, 3.63) is 24.3 Å². The number of nitrogens with two attached hydrogens (primary N) is 1. The maximum Gasteiger partial charge on any atom is 0.222 e. The predicted molar refractivity (Wildman–Crippen MR) is 85.8 cm³/mol. The molecule has 0 aliphatic rings. The topological polar surface area (TPSA) is 55.0 Å². The van der Waals surface area contributed by atoms with Crippen LogP contribution in [0.25, 0.3) is 10.9 Å². The Morgan fingerprint density at radius 3 is 2.20 bits per heavy atom. The lowest BCUT2D eigenvalue weighted by Crippen LogP contribution is -2.32. The van der Waals surface area contributed by atoms with Gasteiger partial charge in [0.05, 0.1) is 5.52 Å². The summed E-state index contributed by atoms with van der Waals surface area (Å²) >= 11 is 0. The molecule has 0 saturated carbocycles. The molecule has 0 atom stereocenters. The van der Waals surface area contributed by atoms with Crippen LogP contribution in [0.5, 0.6) is 0 Å². The summed E-state index contributed by atoms with van der Waals surface area (Å²) in [5, 5.41) is 1.07. The second-order valence-corrected chi connectivity index (χ2v) is 6.12. The van der Waals surface area contributed by atoms with E-state index >= 15 is 0 Å². The molecule has 4 heteroatoms. The SMILES string of the molecule is CC(C)CN(CC(C)C)c1nc(N)nc2ccccc12. The van der Waals surface area contributed by atoms with Crippen LogP contribution in [0.2, 0.25) is 0 Å². The molecule has 0 fully saturated rings. The molecule has 1 aromatic heterocycles. The average Bonchev–Trinajstić information content (AvgIpc) is 2.35. The van der Waals surface area contributed by atoms with Gasteiger partial charge in [0.25, 0.3) is 0 Å². The van der Waals surface area contributed by atoms with Gasteiger partial charge in [-0.25, -0.2) is 4.98 Å². The molecule has 0 bridgehead atoms. The zero-order valence-corrected chi connectivity index (χ0v) is 12.8. The molecule has 0 aliphatic carbocycles. The third-order valence-corrected chi connectivity index (χ3v) is 3.07. The normalized spacial score (nSPS) is 11.5. The van der Waals surface area contributed by atoms with Crippen molar-refractivity contribution >= 4 is 22.7 Å². The second kappa shape index (κ2) is 6.07. The predicted octanol–water partition coefficient (Wildman–Crippen LogP) is 3.33. The summed E-state index contributed by atoms with van der Waals surface area (Å²) in [7, 11) is 0. The van der Waals surface area contributed by atoms with Gasteiger partial charge in [0.15, 0.2) is 0 Å². The van der Waals surface area contributed by atoms with Gasteiger partial charge in [0.1, 0.15) is 5.82 Å². The molecule has 0 spiro atoms. The van der Waals surface area contributed by atoms with E-state index in [0.717, 1.165) is 29.8 Å². The second-order valence-electron chi connectivity index (χ2n) is 6.12. The van der Waals surface area contributed by atoms with Gasteiger partial charge in [-0.1, -0.05) is 39.8 Å². The molecule has 108 valence electrons. The Labute approximate surface area is 121 Å². The fourth-order valence-corrected chi connectivity index (χ4v) is 2.45. The molecule has 0 radical (unpaired) electrons. The summed E-state index contributed by atoms with van der Waals surface area (Å²) in [6, 6.07) is 8.06. The number of nitrogen functional groups attached to an aromatic ring is 1. The van der Waals surface area contributed by atoms with Crippen molar-refractivity contribution in [3.63, 3.8) is 0 Å². The number of aromatic nitrogens is 2. The maximum absolute atomic E-state index is 5.88. The van der Waals surface area contributed by atoms with Gasteiger partial charge in [-0.3, -0.25) is 0 Å². The first-order valence-corrected chi connectivity index (χ1v) is 7.24. The molecule has 2 aromatic rings. The molecule has 1 heterocycles. The van der Waals surface area contributed by atoms with Crippen LogP contribution >= 0.6 is 0 Å². The van der Waals surface area contributed by atoms with E-state index in [1.165, 1.54) is 0 Å². The number of rotatable bonds is 5. The average molecular weight is 272 g/mol. The number of para-hydroxylation sites is 1. The number of hydrogen-bond acceptors (Lipinski definition) is 4. The largest absolute Gasteiger partial charge is 0.368 e. The van der Waals surface area contributed by atoms with Crippen LogP contribution < -0.4 is 10.6 Å². The lowest BCUT2D eigenvalue weighted by Gasteiger charge is -2.28. The Morgan fingerprint density at radius 2 is 1.60 bits per heavy atom. The minimum Gasteiger partial charge on any atom is -0.368 e. The first kappa shape index (κ1) is 14.6. The van der Waals surface area contributed by atoms with Gasteiger partial charge in [-0.2, -0.15) is 4.98 Å². The Morgan fingerprint density at radius 1 is 1.00 bits per heavy atom. The van der Waals surface area contributed by atoms with Gasteiger partial charge in [0, 0.05) is 18.5 Å². The van der Waals surface area contributed by atoms with Gasteiger partial charge < -0.3 is 10.6 Å². The Hall–Kier alpha value is -1.84. The van der Waals surface area contributed by atoms with Crippen molar-refractivity contribution in [1.29, 1.82) is 0 Å². The molecular formula is C16H24N4. The van der Waals surface area contributed by atoms with Crippen molar-refractivity contribution in [1.82, 2.24) is 9.97 Å². The van der Waals surface area contributed by atoms with E-state index < -0.39 is 0 Å². The molecule has 1 aromatic carbocycles. The highest BCUT2D eigenvalue weighted by Gasteiger charge is 2.16. The Bertz CT molecular complexity index is 568. The van der Waals surface area contributed by atoms with E-state index in [-0.39, 0.29) is 0 Å². The van der Waals surface area contributed by atoms with E-state index in [1.807, 2.05) is 18.2 Å². The lowest BCUT2D eigenvalue weighted by molar-refractivity contribution is 0.550. The van der Waals surface area contributed by atoms with Crippen molar-refractivity contribution < 1.29 is 0 Å². The summed E-state index contributed by atoms with van der Waals surface area (Å²) in [4.78, 5) is 11.1. The fourth-order valence-electron chi connectivity index (χ4n) is 2.45. The van der Waals surface area contributed by atoms with Gasteiger partial charge in [-0.05, 0) is 24.0 Å². The quantitative estimate of drug-likeness (QED) is 0.907. The van der Waals surface area contributed by atoms with Crippen LogP contribution in [0.1, 0.15) is 27.7 Å². The molecule has 2 N–H and O–H groups in total. The number of benzene rings is 1. The standard InChI is InChI=1S/C16H24N4/c1-11(2)9-20(10-12(3)4)15-13-7-5-6-8-14(13)18-16(17)19-15/h5-8,11-12H,9-10H2,1-4H3,(H2,17,18,19). The van der Waals surface area contributed by atoms with Crippen LogP contribution in [0.15, 0.2) is 24.3 Å². The summed E-state index contributed by atoms with van der Waals surface area (Å²) < 4.78 is 0. The van der Waals surface area contributed by atoms with E-state index in [4.69, 9.17) is 5.73 Å². The molecule has 4 nitrogen and oxygen atoms in total. The van der Waals surface area contributed by atoms with Gasteiger partial charge in [-0.15, -0.1) is 0 Å². The van der Waals surface area contributed by atoms with E-state index in [1.54, 1.807) is 0 Å². The first-order chi connectivity index (χ1) is 9.47. The Balaban J connectivity index is 2.51. The molecule has 0 saturated heterocycles. The molecular weight excluding hydrogens is 248 g/mol. The van der Waals surface area contributed by atoms with Crippen LogP contribution in [0.3, 0.4) is 0 Å². The zero-order valence-electron chi connectivity index (χ0n) is 12.8. The molecule has 0 unspecified atom stereocenters. The van der Waals surface area contributed by atoms with Gasteiger partial charge in [0.2, 0.25) is 5.95 Å². The number of fused-ring (bicyclic) bond motifs is 1. The van der Waals surface area contributed by atoms with E-state index in [9.17, 15) is 0 Å². The number of hydrogen-bond donors (Lipinski definition) is 1. The molecule has 20 heavy (non-hydrogen) atoms. The highest BCUT2D eigenvalue weighted by Crippen LogP contribution is 2.25. The smallest absolute Gasteiger partial charge is 0.222 e. The van der Waals surface area contributed by atoms with Crippen molar-refractivity contribution in [3.8, 4) is 0 Å². The third-order valence-electron chi connectivity index (χ3n) is 3.07. The number of nitrogens with zero attached hydrogens (tertiary/aromatic N) is 3. The molecule has 0 aliphatic heterocycles. The first-order valence-electron chi connectivity index (χ1n) is 7.24. The van der Waals surface area contributed by atoms with Crippen LogP contribution in [0, 0.1) is 11.8 Å². The van der Waals surface area contributed by atoms with Crippen LogP contribution in [0.4, 0.5) is 11.8 Å². The van der Waals surface area contributed by atoms with Crippen molar-refractivity contribution in [2.24, 2.45) is 11.8 Å². The highest BCUT2D eigenvalue weighted by atomic mass is 15.2. The minimum atomic E-state index is 0.344. The minimum absolute atomic E-state index is 0.344. The monoisotopic (exact) mass is 272 g/mol. The summed E-state index contributed by atoms with van der Waals surface area (Å²) in [6.45, 7) is 10.8. The molecule has 0 amide bonds. The molecule has 2 rings (SSSR count). The maximum atomic E-state index is 5.88. The van der Waals surface area contributed by atoms with E-state index in [0.29, 0.717) is 17.8 Å². The highest BCUT2D eigenvalue weighted by molar-refractivity contribution is 5.90. The van der Waals surface area contributed by atoms with Crippen LogP contribution in [-0.2, 0) is 0 Å². The zero-order chi connectivity index (χ0) is 14.7.